The summed E-state index contributed by atoms with van der Waals surface area (Å²) < 4.78 is 0. The summed E-state index contributed by atoms with van der Waals surface area (Å²) in [5, 5.41) is 2.68. The van der Waals surface area contributed by atoms with E-state index in [4.69, 9.17) is 18.0 Å². The average Bonchev–Trinajstić information content (AvgIpc) is 2.15. The van der Waals surface area contributed by atoms with E-state index < -0.39 is 5.92 Å². The van der Waals surface area contributed by atoms with Crippen LogP contribution in [0.1, 0.15) is 20.3 Å². The molecule has 0 fully saturated rings. The van der Waals surface area contributed by atoms with E-state index in [9.17, 15) is 9.59 Å². The predicted octanol–water partition coefficient (Wildman–Crippen LogP) is 0.139. The topological polar surface area (TPSA) is 75.4 Å². The number of hydrogen-bond donors (Lipinski definition) is 2. The minimum Gasteiger partial charge on any atom is -0.393 e. The third-order valence-corrected chi connectivity index (χ3v) is 2.65. The molecule has 1 unspecified atom stereocenters. The highest BCUT2D eigenvalue weighted by molar-refractivity contribution is 7.80. The molecular formula is C11H21N3O2S. The number of rotatable bonds is 6. The van der Waals surface area contributed by atoms with Crippen LogP contribution in [0.2, 0.25) is 0 Å². The summed E-state index contributed by atoms with van der Waals surface area (Å²) in [6.45, 7) is 4.07. The van der Waals surface area contributed by atoms with Gasteiger partial charge in [0.15, 0.2) is 0 Å². The normalized spacial score (nSPS) is 12.1. The summed E-state index contributed by atoms with van der Waals surface area (Å²) >= 11 is 4.85. The number of nitrogens with zero attached hydrogens (tertiary/aromatic N) is 1. The molecule has 0 aliphatic carbocycles. The highest BCUT2D eigenvalue weighted by atomic mass is 32.1. The number of nitrogens with one attached hydrogen (secondary N) is 1. The lowest BCUT2D eigenvalue weighted by Gasteiger charge is -2.19. The first-order valence-electron chi connectivity index (χ1n) is 5.54. The summed E-state index contributed by atoms with van der Waals surface area (Å²) in [5.74, 6) is -0.655. The van der Waals surface area contributed by atoms with Crippen molar-refractivity contribution in [2.24, 2.45) is 17.6 Å². The van der Waals surface area contributed by atoms with Gasteiger partial charge in [0.25, 0.3) is 0 Å². The highest BCUT2D eigenvalue weighted by Crippen LogP contribution is 2.11. The van der Waals surface area contributed by atoms with Crippen molar-refractivity contribution >= 4 is 29.0 Å². The second-order valence-electron chi connectivity index (χ2n) is 4.45. The van der Waals surface area contributed by atoms with Gasteiger partial charge in [0.05, 0.1) is 10.9 Å². The van der Waals surface area contributed by atoms with E-state index in [1.807, 2.05) is 13.8 Å². The van der Waals surface area contributed by atoms with E-state index in [0.717, 1.165) is 0 Å². The Hall–Kier alpha value is -1.17. The molecule has 0 saturated heterocycles. The zero-order chi connectivity index (χ0) is 13.6. The van der Waals surface area contributed by atoms with Crippen LogP contribution in [-0.2, 0) is 9.59 Å². The fourth-order valence-electron chi connectivity index (χ4n) is 1.39. The predicted molar refractivity (Wildman–Crippen MR) is 71.4 cm³/mol. The van der Waals surface area contributed by atoms with Gasteiger partial charge in [-0.1, -0.05) is 26.1 Å². The molecule has 0 heterocycles. The van der Waals surface area contributed by atoms with Crippen molar-refractivity contribution in [2.75, 3.05) is 20.6 Å². The Balaban J connectivity index is 4.17. The molecule has 0 aliphatic rings. The summed E-state index contributed by atoms with van der Waals surface area (Å²) in [6, 6.07) is 0. The largest absolute Gasteiger partial charge is 0.393 e. The maximum atomic E-state index is 11.8. The van der Waals surface area contributed by atoms with Crippen molar-refractivity contribution in [3.63, 3.8) is 0 Å². The van der Waals surface area contributed by atoms with Gasteiger partial charge in [-0.3, -0.25) is 9.59 Å². The zero-order valence-electron chi connectivity index (χ0n) is 10.8. The van der Waals surface area contributed by atoms with Crippen molar-refractivity contribution in [2.45, 2.75) is 20.3 Å². The lowest BCUT2D eigenvalue weighted by atomic mass is 9.95. The Labute approximate surface area is 108 Å². The fraction of sp³-hybridized carbons (Fsp3) is 0.727. The molecule has 0 saturated carbocycles. The molecule has 0 rings (SSSR count). The molecule has 0 radical (unpaired) electrons. The number of nitrogens with two attached hydrogens (primary N) is 1. The molecule has 98 valence electrons. The van der Waals surface area contributed by atoms with Gasteiger partial charge < -0.3 is 16.0 Å². The third kappa shape index (κ3) is 5.63. The van der Waals surface area contributed by atoms with E-state index in [2.05, 4.69) is 5.32 Å². The molecule has 0 spiro atoms. The molecule has 2 amide bonds. The number of carbonyl (C=O) groups excluding carboxylic acids is 2. The monoisotopic (exact) mass is 259 g/mol. The minimum atomic E-state index is -0.473. The first-order chi connectivity index (χ1) is 7.77. The third-order valence-electron chi connectivity index (χ3n) is 2.39. The van der Waals surface area contributed by atoms with Crippen LogP contribution in [0.5, 0.6) is 0 Å². The molecule has 17 heavy (non-hydrogen) atoms. The van der Waals surface area contributed by atoms with Crippen molar-refractivity contribution in [1.82, 2.24) is 10.2 Å². The number of carbonyl (C=O) groups is 2. The van der Waals surface area contributed by atoms with Crippen LogP contribution in [-0.4, -0.2) is 42.3 Å². The molecule has 0 aromatic heterocycles. The van der Waals surface area contributed by atoms with E-state index in [-0.39, 0.29) is 29.1 Å². The first-order valence-corrected chi connectivity index (χ1v) is 5.95. The van der Waals surface area contributed by atoms with Crippen molar-refractivity contribution < 1.29 is 9.59 Å². The molecule has 5 nitrogen and oxygen atoms in total. The number of amides is 2. The summed E-state index contributed by atoms with van der Waals surface area (Å²) in [4.78, 5) is 24.7. The van der Waals surface area contributed by atoms with Gasteiger partial charge in [-0.05, 0) is 5.92 Å². The van der Waals surface area contributed by atoms with Crippen molar-refractivity contribution in [3.8, 4) is 0 Å². The Morgan fingerprint density at radius 1 is 1.35 bits per heavy atom. The van der Waals surface area contributed by atoms with Crippen LogP contribution >= 0.6 is 12.2 Å². The van der Waals surface area contributed by atoms with Crippen LogP contribution in [0, 0.1) is 11.8 Å². The highest BCUT2D eigenvalue weighted by Gasteiger charge is 2.24. The van der Waals surface area contributed by atoms with E-state index in [1.54, 1.807) is 14.1 Å². The van der Waals surface area contributed by atoms with Crippen molar-refractivity contribution in [3.05, 3.63) is 0 Å². The Morgan fingerprint density at radius 2 is 1.88 bits per heavy atom. The SMILES string of the molecule is CC(C)C(C(=O)NCCC(=O)N(C)C)C(N)=S. The van der Waals surface area contributed by atoms with E-state index in [0.29, 0.717) is 6.54 Å². The van der Waals surface area contributed by atoms with Crippen LogP contribution in [0.25, 0.3) is 0 Å². The molecule has 0 aromatic rings. The molecule has 1 atom stereocenters. The van der Waals surface area contributed by atoms with E-state index >= 15 is 0 Å². The van der Waals surface area contributed by atoms with Gasteiger partial charge in [0, 0.05) is 27.1 Å². The van der Waals surface area contributed by atoms with Crippen LogP contribution < -0.4 is 11.1 Å². The second kappa shape index (κ2) is 7.21. The maximum absolute atomic E-state index is 11.8. The lowest BCUT2D eigenvalue weighted by molar-refractivity contribution is -0.128. The van der Waals surface area contributed by atoms with Gasteiger partial charge >= 0.3 is 0 Å². The Morgan fingerprint density at radius 3 is 2.24 bits per heavy atom. The molecule has 0 aliphatic heterocycles. The van der Waals surface area contributed by atoms with E-state index in [1.165, 1.54) is 4.90 Å². The van der Waals surface area contributed by atoms with Gasteiger partial charge in [0.1, 0.15) is 0 Å². The molecule has 3 N–H and O–H groups in total. The van der Waals surface area contributed by atoms with Gasteiger partial charge in [-0.25, -0.2) is 0 Å². The fourth-order valence-corrected chi connectivity index (χ4v) is 1.77. The maximum Gasteiger partial charge on any atom is 0.230 e. The molecular weight excluding hydrogens is 238 g/mol. The quantitative estimate of drug-likeness (QED) is 0.665. The van der Waals surface area contributed by atoms with Gasteiger partial charge in [-0.15, -0.1) is 0 Å². The molecule has 0 bridgehead atoms. The van der Waals surface area contributed by atoms with Gasteiger partial charge in [-0.2, -0.15) is 0 Å². The number of thiocarbonyl (C=S) groups is 1. The standard InChI is InChI=1S/C11H21N3O2S/c1-7(2)9(10(12)17)11(16)13-6-5-8(15)14(3)4/h7,9H,5-6H2,1-4H3,(H2,12,17)(H,13,16). The first kappa shape index (κ1) is 15.8. The average molecular weight is 259 g/mol. The van der Waals surface area contributed by atoms with Crippen LogP contribution in [0.3, 0.4) is 0 Å². The minimum absolute atomic E-state index is 0.0262. The molecule has 6 heteroatoms. The zero-order valence-corrected chi connectivity index (χ0v) is 11.6. The van der Waals surface area contributed by atoms with Crippen molar-refractivity contribution in [1.29, 1.82) is 0 Å². The number of hydrogen-bond acceptors (Lipinski definition) is 3. The summed E-state index contributed by atoms with van der Waals surface area (Å²) in [7, 11) is 3.35. The second-order valence-corrected chi connectivity index (χ2v) is 4.92. The summed E-state index contributed by atoms with van der Waals surface area (Å²) in [5.41, 5.74) is 5.51. The Bertz CT molecular complexity index is 303. The Kier molecular flexibility index (Phi) is 6.72. The lowest BCUT2D eigenvalue weighted by Crippen LogP contribution is -2.41. The van der Waals surface area contributed by atoms with Crippen LogP contribution in [0.15, 0.2) is 0 Å². The molecule has 0 aromatic carbocycles. The summed E-state index contributed by atoms with van der Waals surface area (Å²) in [6.07, 6.45) is 0.279. The van der Waals surface area contributed by atoms with Gasteiger partial charge in [0.2, 0.25) is 11.8 Å². The smallest absolute Gasteiger partial charge is 0.230 e. The van der Waals surface area contributed by atoms with Crippen LogP contribution in [0.4, 0.5) is 0 Å².